The molecule has 2 aliphatic heterocycles. The lowest BCUT2D eigenvalue weighted by atomic mass is 9.98. The number of aliphatic hydroxyl groups excluding tert-OH is 5. The molecule has 0 spiro atoms. The Hall–Kier alpha value is -1.80. The van der Waals surface area contributed by atoms with Crippen LogP contribution in [0.3, 0.4) is 0 Å². The fourth-order valence-corrected chi connectivity index (χ4v) is 2.23. The van der Waals surface area contributed by atoms with E-state index in [1.165, 1.54) is 0 Å². The topological polar surface area (TPSA) is 203 Å². The van der Waals surface area contributed by atoms with E-state index in [-0.39, 0.29) is 0 Å². The molecule has 0 bridgehead atoms. The summed E-state index contributed by atoms with van der Waals surface area (Å²) in [6.07, 6.45) is -14.3. The summed E-state index contributed by atoms with van der Waals surface area (Å²) in [6, 6.07) is 0. The normalized spacial score (nSPS) is 42.8. The fourth-order valence-electron chi connectivity index (χ4n) is 2.23. The Kier molecular flexibility index (Phi) is 5.39. The Bertz CT molecular complexity index is 532. The zero-order valence-electron chi connectivity index (χ0n) is 11.9. The monoisotopic (exact) mass is 352 g/mol. The lowest BCUT2D eigenvalue weighted by Crippen LogP contribution is -2.62. The SMILES string of the molecule is O=C(O)C1=C[C@H](O)[C@H](O)[C@H](O[C@@H]2C(C(=O)O)OC(O)[C@@H](O)[C@H]2O)O1. The first-order valence-electron chi connectivity index (χ1n) is 6.69. The summed E-state index contributed by atoms with van der Waals surface area (Å²) in [6.45, 7) is 0. The second-order valence-corrected chi connectivity index (χ2v) is 5.17. The van der Waals surface area contributed by atoms with Crippen molar-refractivity contribution in [3.8, 4) is 0 Å². The number of hydrogen-bond donors (Lipinski definition) is 7. The Morgan fingerprint density at radius 2 is 1.62 bits per heavy atom. The van der Waals surface area contributed by atoms with Crippen molar-refractivity contribution < 1.29 is 59.5 Å². The van der Waals surface area contributed by atoms with E-state index in [4.69, 9.17) is 19.7 Å². The first-order chi connectivity index (χ1) is 11.1. The van der Waals surface area contributed by atoms with Gasteiger partial charge in [0.05, 0.1) is 0 Å². The van der Waals surface area contributed by atoms with E-state index in [9.17, 15) is 35.1 Å². The molecule has 2 aliphatic rings. The Labute approximate surface area is 133 Å². The maximum absolute atomic E-state index is 11.2. The summed E-state index contributed by atoms with van der Waals surface area (Å²) >= 11 is 0. The van der Waals surface area contributed by atoms with Crippen molar-refractivity contribution in [1.82, 2.24) is 0 Å². The molecular weight excluding hydrogens is 336 g/mol. The average molecular weight is 352 g/mol. The number of aliphatic hydroxyl groups is 5. The molecule has 12 nitrogen and oxygen atoms in total. The van der Waals surface area contributed by atoms with Crippen molar-refractivity contribution in [2.75, 3.05) is 0 Å². The highest BCUT2D eigenvalue weighted by atomic mass is 16.7. The number of carboxylic acids is 2. The minimum Gasteiger partial charge on any atom is -0.479 e. The third-order valence-electron chi connectivity index (χ3n) is 3.50. The molecule has 24 heavy (non-hydrogen) atoms. The van der Waals surface area contributed by atoms with Crippen LogP contribution in [0.1, 0.15) is 0 Å². The van der Waals surface area contributed by atoms with Crippen molar-refractivity contribution in [3.05, 3.63) is 11.8 Å². The standard InChI is InChI=1S/C12H16O12/c13-2-1-3(9(17)18)22-12(4(2)14)24-7-5(15)6(16)11(21)23-8(7)10(19)20/h1-2,4-8,11-16,21H,(H,17,18)(H,19,20)/t2-,4-,5+,6-,7-,8?,11?,12-/m0/s1. The number of rotatable bonds is 4. The fraction of sp³-hybridized carbons (Fsp3) is 0.667. The number of aliphatic carboxylic acids is 2. The van der Waals surface area contributed by atoms with Crippen LogP contribution in [-0.4, -0.2) is 96.9 Å². The third kappa shape index (κ3) is 3.49. The lowest BCUT2D eigenvalue weighted by Gasteiger charge is -2.41. The molecule has 8 atom stereocenters. The van der Waals surface area contributed by atoms with Crippen LogP contribution in [0.2, 0.25) is 0 Å². The van der Waals surface area contributed by atoms with Crippen LogP contribution >= 0.6 is 0 Å². The molecule has 1 fully saturated rings. The summed E-state index contributed by atoms with van der Waals surface area (Å²) < 4.78 is 14.4. The minimum absolute atomic E-state index is 0.702. The van der Waals surface area contributed by atoms with Crippen LogP contribution in [0.25, 0.3) is 0 Å². The van der Waals surface area contributed by atoms with Crippen LogP contribution < -0.4 is 0 Å². The molecule has 0 aromatic rings. The van der Waals surface area contributed by atoms with E-state index in [2.05, 4.69) is 4.74 Å². The quantitative estimate of drug-likeness (QED) is 0.258. The summed E-state index contributed by atoms with van der Waals surface area (Å²) in [5.74, 6) is -4.01. The Balaban J connectivity index is 2.21. The van der Waals surface area contributed by atoms with Gasteiger partial charge in [0.1, 0.15) is 30.5 Å². The molecule has 1 saturated heterocycles. The molecule has 7 N–H and O–H groups in total. The molecule has 0 aromatic heterocycles. The maximum Gasteiger partial charge on any atom is 0.371 e. The van der Waals surface area contributed by atoms with Gasteiger partial charge in [-0.25, -0.2) is 9.59 Å². The van der Waals surface area contributed by atoms with Gasteiger partial charge in [-0.1, -0.05) is 0 Å². The largest absolute Gasteiger partial charge is 0.479 e. The molecule has 0 radical (unpaired) electrons. The van der Waals surface area contributed by atoms with Gasteiger partial charge in [-0.3, -0.25) is 0 Å². The van der Waals surface area contributed by atoms with Crippen LogP contribution in [0.15, 0.2) is 11.8 Å². The number of ether oxygens (including phenoxy) is 3. The second-order valence-electron chi connectivity index (χ2n) is 5.17. The first kappa shape index (κ1) is 18.5. The number of carboxylic acid groups (broad SMARTS) is 2. The summed E-state index contributed by atoms with van der Waals surface area (Å²) in [4.78, 5) is 22.0. The molecule has 12 heteroatoms. The minimum atomic E-state index is -2.00. The van der Waals surface area contributed by atoms with Crippen molar-refractivity contribution in [2.24, 2.45) is 0 Å². The zero-order valence-corrected chi connectivity index (χ0v) is 11.9. The van der Waals surface area contributed by atoms with Gasteiger partial charge in [0.2, 0.25) is 12.0 Å². The summed E-state index contributed by atoms with van der Waals surface area (Å²) in [5.41, 5.74) is 0. The van der Waals surface area contributed by atoms with Crippen molar-refractivity contribution in [2.45, 2.75) is 49.2 Å². The highest BCUT2D eigenvalue weighted by Gasteiger charge is 2.50. The lowest BCUT2D eigenvalue weighted by molar-refractivity contribution is -0.319. The van der Waals surface area contributed by atoms with E-state index in [1.807, 2.05) is 0 Å². The van der Waals surface area contributed by atoms with Crippen LogP contribution in [0.5, 0.6) is 0 Å². The molecule has 136 valence electrons. The predicted octanol–water partition coefficient (Wildman–Crippen LogP) is -4.06. The van der Waals surface area contributed by atoms with Crippen LogP contribution in [0, 0.1) is 0 Å². The molecular formula is C12H16O12. The summed E-state index contributed by atoms with van der Waals surface area (Å²) in [5, 5.41) is 66.0. The van der Waals surface area contributed by atoms with E-state index < -0.39 is 66.9 Å². The van der Waals surface area contributed by atoms with Crippen molar-refractivity contribution >= 4 is 11.9 Å². The van der Waals surface area contributed by atoms with Gasteiger partial charge in [-0.15, -0.1) is 0 Å². The smallest absolute Gasteiger partial charge is 0.371 e. The first-order valence-corrected chi connectivity index (χ1v) is 6.69. The second kappa shape index (κ2) is 6.98. The van der Waals surface area contributed by atoms with Gasteiger partial charge < -0.3 is 50.0 Å². The third-order valence-corrected chi connectivity index (χ3v) is 3.50. The van der Waals surface area contributed by atoms with Gasteiger partial charge in [0.25, 0.3) is 0 Å². The molecule has 2 unspecified atom stereocenters. The molecule has 0 aromatic carbocycles. The van der Waals surface area contributed by atoms with Gasteiger partial charge in [-0.05, 0) is 6.08 Å². The van der Waals surface area contributed by atoms with Crippen LogP contribution in [-0.2, 0) is 23.8 Å². The van der Waals surface area contributed by atoms with E-state index in [0.717, 1.165) is 0 Å². The van der Waals surface area contributed by atoms with Gasteiger partial charge in [0.15, 0.2) is 12.4 Å². The Morgan fingerprint density at radius 1 is 1.00 bits per heavy atom. The highest BCUT2D eigenvalue weighted by Crippen LogP contribution is 2.27. The number of hydrogen-bond acceptors (Lipinski definition) is 10. The predicted molar refractivity (Wildman–Crippen MR) is 68.0 cm³/mol. The van der Waals surface area contributed by atoms with E-state index in [1.54, 1.807) is 0 Å². The molecule has 2 heterocycles. The number of carbonyl (C=O) groups is 2. The Morgan fingerprint density at radius 3 is 2.17 bits per heavy atom. The molecule has 0 amide bonds. The summed E-state index contributed by atoms with van der Waals surface area (Å²) in [7, 11) is 0. The zero-order chi connectivity index (χ0) is 18.2. The molecule has 0 aliphatic carbocycles. The van der Waals surface area contributed by atoms with Gasteiger partial charge in [0, 0.05) is 0 Å². The molecule has 0 saturated carbocycles. The average Bonchev–Trinajstić information content (AvgIpc) is 2.51. The van der Waals surface area contributed by atoms with Gasteiger partial charge >= 0.3 is 11.9 Å². The van der Waals surface area contributed by atoms with Crippen LogP contribution in [0.4, 0.5) is 0 Å². The van der Waals surface area contributed by atoms with Crippen molar-refractivity contribution in [1.29, 1.82) is 0 Å². The van der Waals surface area contributed by atoms with Gasteiger partial charge in [-0.2, -0.15) is 0 Å². The molecule has 2 rings (SSSR count). The van der Waals surface area contributed by atoms with E-state index >= 15 is 0 Å². The van der Waals surface area contributed by atoms with E-state index in [0.29, 0.717) is 6.08 Å². The maximum atomic E-state index is 11.2. The highest BCUT2D eigenvalue weighted by molar-refractivity contribution is 5.84. The van der Waals surface area contributed by atoms with Crippen molar-refractivity contribution in [3.63, 3.8) is 0 Å².